The van der Waals surface area contributed by atoms with Gasteiger partial charge in [-0.25, -0.2) is 4.79 Å². The molecule has 2 aromatic carbocycles. The minimum absolute atomic E-state index is 0.823. The third-order valence-electron chi connectivity index (χ3n) is 2.88. The Morgan fingerprint density at radius 3 is 2.55 bits per heavy atom. The Morgan fingerprint density at radius 2 is 1.85 bits per heavy atom. The molecule has 2 aromatic rings. The van der Waals surface area contributed by atoms with Crippen LogP contribution < -0.4 is 0 Å². The molecule has 0 aliphatic rings. The maximum Gasteiger partial charge on any atom is 0.328 e. The van der Waals surface area contributed by atoms with Crippen molar-refractivity contribution in [3.63, 3.8) is 0 Å². The number of rotatable bonds is 5. The van der Waals surface area contributed by atoms with Gasteiger partial charge in [0.05, 0.1) is 0 Å². The average Bonchev–Trinajstić information content (AvgIpc) is 2.45. The summed E-state index contributed by atoms with van der Waals surface area (Å²) >= 11 is 1.75. The van der Waals surface area contributed by atoms with Crippen molar-refractivity contribution in [3.8, 4) is 0 Å². The maximum atomic E-state index is 10.6. The normalized spacial score (nSPS) is 10.8. The monoisotopic (exact) mass is 284 g/mol. The van der Waals surface area contributed by atoms with Gasteiger partial charge in [0.15, 0.2) is 0 Å². The molecular weight excluding hydrogens is 268 g/mol. The van der Waals surface area contributed by atoms with Crippen LogP contribution in [0.2, 0.25) is 0 Å². The third-order valence-corrected chi connectivity index (χ3v) is 3.94. The van der Waals surface area contributed by atoms with Crippen LogP contribution in [0.25, 0.3) is 6.08 Å². The molecule has 0 aliphatic carbocycles. The highest BCUT2D eigenvalue weighted by atomic mass is 32.2. The second kappa shape index (κ2) is 6.96. The van der Waals surface area contributed by atoms with Crippen LogP contribution in [-0.4, -0.2) is 11.1 Å². The zero-order valence-electron chi connectivity index (χ0n) is 11.2. The smallest absolute Gasteiger partial charge is 0.328 e. The van der Waals surface area contributed by atoms with Crippen molar-refractivity contribution in [3.05, 3.63) is 71.3 Å². The van der Waals surface area contributed by atoms with E-state index in [1.807, 2.05) is 24.3 Å². The van der Waals surface area contributed by atoms with Gasteiger partial charge in [-0.2, -0.15) is 0 Å². The highest BCUT2D eigenvalue weighted by Crippen LogP contribution is 2.25. The van der Waals surface area contributed by atoms with Crippen molar-refractivity contribution in [2.24, 2.45) is 0 Å². The quantitative estimate of drug-likeness (QED) is 0.653. The van der Waals surface area contributed by atoms with E-state index in [0.29, 0.717) is 0 Å². The van der Waals surface area contributed by atoms with Gasteiger partial charge in [0.1, 0.15) is 0 Å². The van der Waals surface area contributed by atoms with Crippen LogP contribution in [0.15, 0.2) is 59.5 Å². The molecule has 0 aromatic heterocycles. The molecule has 0 spiro atoms. The zero-order chi connectivity index (χ0) is 14.4. The Kier molecular flexibility index (Phi) is 5.02. The Morgan fingerprint density at radius 1 is 1.15 bits per heavy atom. The predicted molar refractivity (Wildman–Crippen MR) is 83.9 cm³/mol. The molecular formula is C17H16O2S. The summed E-state index contributed by atoms with van der Waals surface area (Å²) in [5, 5.41) is 8.71. The van der Waals surface area contributed by atoms with Crippen molar-refractivity contribution < 1.29 is 9.90 Å². The first-order valence-electron chi connectivity index (χ1n) is 6.33. The van der Waals surface area contributed by atoms with Crippen LogP contribution >= 0.6 is 11.8 Å². The number of hydrogen-bond acceptors (Lipinski definition) is 2. The summed E-state index contributed by atoms with van der Waals surface area (Å²) in [6.07, 6.45) is 2.82. The van der Waals surface area contributed by atoms with Crippen LogP contribution in [0.5, 0.6) is 0 Å². The number of aliphatic carboxylic acids is 1. The van der Waals surface area contributed by atoms with E-state index >= 15 is 0 Å². The largest absolute Gasteiger partial charge is 0.478 e. The van der Waals surface area contributed by atoms with Gasteiger partial charge < -0.3 is 5.11 Å². The highest BCUT2D eigenvalue weighted by Gasteiger charge is 2.01. The zero-order valence-corrected chi connectivity index (χ0v) is 12.1. The maximum absolute atomic E-state index is 10.6. The number of carbonyl (C=O) groups is 1. The molecule has 0 bridgehead atoms. The molecule has 20 heavy (non-hydrogen) atoms. The van der Waals surface area contributed by atoms with E-state index in [1.54, 1.807) is 17.8 Å². The minimum Gasteiger partial charge on any atom is -0.478 e. The van der Waals surface area contributed by atoms with Crippen LogP contribution in [0.4, 0.5) is 0 Å². The van der Waals surface area contributed by atoms with E-state index in [0.717, 1.165) is 16.9 Å². The van der Waals surface area contributed by atoms with Crippen molar-refractivity contribution in [2.45, 2.75) is 17.6 Å². The molecule has 0 fully saturated rings. The van der Waals surface area contributed by atoms with Crippen molar-refractivity contribution in [2.75, 3.05) is 0 Å². The number of benzene rings is 2. The molecule has 0 saturated carbocycles. The lowest BCUT2D eigenvalue weighted by Gasteiger charge is -2.06. The second-order valence-corrected chi connectivity index (χ2v) is 5.52. The van der Waals surface area contributed by atoms with Gasteiger partial charge in [0, 0.05) is 16.7 Å². The van der Waals surface area contributed by atoms with Crippen LogP contribution in [-0.2, 0) is 10.5 Å². The average molecular weight is 284 g/mol. The molecule has 2 nitrogen and oxygen atoms in total. The standard InChI is InChI=1S/C17H16O2S/c1-13-6-9-16(10-7-13)20-12-15-5-3-2-4-14(15)8-11-17(18)19/h2-11H,12H2,1H3,(H,18,19). The molecule has 0 unspecified atom stereocenters. The van der Waals surface area contributed by atoms with Crippen molar-refractivity contribution in [1.29, 1.82) is 0 Å². The van der Waals surface area contributed by atoms with E-state index in [-0.39, 0.29) is 0 Å². The Bertz CT molecular complexity index is 615. The van der Waals surface area contributed by atoms with E-state index < -0.39 is 5.97 Å². The molecule has 0 heterocycles. The summed E-state index contributed by atoms with van der Waals surface area (Å²) in [6, 6.07) is 16.3. The van der Waals surface area contributed by atoms with E-state index in [2.05, 4.69) is 31.2 Å². The summed E-state index contributed by atoms with van der Waals surface area (Å²) in [4.78, 5) is 11.8. The lowest BCUT2D eigenvalue weighted by Crippen LogP contribution is -1.89. The van der Waals surface area contributed by atoms with Crippen molar-refractivity contribution in [1.82, 2.24) is 0 Å². The summed E-state index contributed by atoms with van der Waals surface area (Å²) in [7, 11) is 0. The van der Waals surface area contributed by atoms with Crippen molar-refractivity contribution >= 4 is 23.8 Å². The molecule has 0 amide bonds. The molecule has 2 rings (SSSR count). The number of carboxylic acids is 1. The first kappa shape index (κ1) is 14.4. The molecule has 102 valence electrons. The van der Waals surface area contributed by atoms with Gasteiger partial charge in [-0.15, -0.1) is 11.8 Å². The highest BCUT2D eigenvalue weighted by molar-refractivity contribution is 7.98. The van der Waals surface area contributed by atoms with Gasteiger partial charge in [0.2, 0.25) is 0 Å². The number of thioether (sulfide) groups is 1. The van der Waals surface area contributed by atoms with Gasteiger partial charge >= 0.3 is 5.97 Å². The summed E-state index contributed by atoms with van der Waals surface area (Å²) in [5.74, 6) is -0.102. The Labute approximate surface area is 123 Å². The number of hydrogen-bond donors (Lipinski definition) is 1. The Hall–Kier alpha value is -2.00. The summed E-state index contributed by atoms with van der Waals surface area (Å²) in [6.45, 7) is 2.07. The fourth-order valence-electron chi connectivity index (χ4n) is 1.78. The second-order valence-electron chi connectivity index (χ2n) is 4.47. The van der Waals surface area contributed by atoms with Gasteiger partial charge in [-0.3, -0.25) is 0 Å². The molecule has 0 atom stereocenters. The number of carboxylic acid groups (broad SMARTS) is 1. The molecule has 3 heteroatoms. The topological polar surface area (TPSA) is 37.3 Å². The third kappa shape index (κ3) is 4.28. The first-order valence-corrected chi connectivity index (χ1v) is 7.32. The first-order chi connectivity index (χ1) is 9.65. The Balaban J connectivity index is 2.09. The van der Waals surface area contributed by atoms with Gasteiger partial charge in [-0.1, -0.05) is 42.0 Å². The predicted octanol–water partition coefficient (Wildman–Crippen LogP) is 4.39. The fraction of sp³-hybridized carbons (Fsp3) is 0.118. The van der Waals surface area contributed by atoms with E-state index in [4.69, 9.17) is 5.11 Å². The van der Waals surface area contributed by atoms with Gasteiger partial charge in [-0.05, 0) is 36.3 Å². The van der Waals surface area contributed by atoms with Crippen LogP contribution in [0.3, 0.4) is 0 Å². The summed E-state index contributed by atoms with van der Waals surface area (Å²) < 4.78 is 0. The minimum atomic E-state index is -0.925. The molecule has 0 radical (unpaired) electrons. The fourth-order valence-corrected chi connectivity index (χ4v) is 2.70. The lowest BCUT2D eigenvalue weighted by molar-refractivity contribution is -0.131. The molecule has 0 saturated heterocycles. The SMILES string of the molecule is Cc1ccc(SCc2ccccc2C=CC(=O)O)cc1. The van der Waals surface area contributed by atoms with Gasteiger partial charge in [0.25, 0.3) is 0 Å². The van der Waals surface area contributed by atoms with E-state index in [9.17, 15) is 4.79 Å². The lowest BCUT2D eigenvalue weighted by atomic mass is 10.1. The molecule has 1 N–H and O–H groups in total. The van der Waals surface area contributed by atoms with Crippen LogP contribution in [0.1, 0.15) is 16.7 Å². The van der Waals surface area contributed by atoms with Crippen LogP contribution in [0, 0.1) is 6.92 Å². The number of aryl methyl sites for hydroxylation is 1. The molecule has 0 aliphatic heterocycles. The van der Waals surface area contributed by atoms with E-state index in [1.165, 1.54) is 16.5 Å². The summed E-state index contributed by atoms with van der Waals surface area (Å²) in [5.41, 5.74) is 3.34.